The molecule has 0 aliphatic carbocycles. The highest BCUT2D eigenvalue weighted by Crippen LogP contribution is 2.28. The maximum atomic E-state index is 5.79. The Bertz CT molecular complexity index is 633. The molecule has 0 amide bonds. The number of fused-ring (bicyclic) bond motifs is 1. The zero-order valence-electron chi connectivity index (χ0n) is 13.2. The molecule has 2 aromatic rings. The zero-order valence-corrected chi connectivity index (χ0v) is 13.2. The monoisotopic (exact) mass is 287 g/mol. The number of benzene rings is 1. The molecule has 1 unspecified atom stereocenters. The van der Waals surface area contributed by atoms with Gasteiger partial charge in [-0.3, -0.25) is 0 Å². The number of hydrogen-bond acceptors (Lipinski definition) is 3. The highest BCUT2D eigenvalue weighted by atomic mass is 16.5. The largest absolute Gasteiger partial charge is 0.378 e. The fourth-order valence-corrected chi connectivity index (χ4v) is 3.20. The first kappa shape index (κ1) is 14.5. The first-order valence-corrected chi connectivity index (χ1v) is 7.81. The lowest BCUT2D eigenvalue weighted by Gasteiger charge is -2.25. The fourth-order valence-electron chi connectivity index (χ4n) is 3.20. The van der Waals surface area contributed by atoms with Crippen LogP contribution < -0.4 is 5.73 Å². The van der Waals surface area contributed by atoms with Crippen molar-refractivity contribution in [1.82, 2.24) is 9.55 Å². The summed E-state index contributed by atoms with van der Waals surface area (Å²) in [5.41, 5.74) is 9.12. The maximum Gasteiger partial charge on any atom is 0.112 e. The van der Waals surface area contributed by atoms with Gasteiger partial charge in [0.25, 0.3) is 0 Å². The van der Waals surface area contributed by atoms with Gasteiger partial charge in [0.15, 0.2) is 0 Å². The molecule has 114 valence electrons. The summed E-state index contributed by atoms with van der Waals surface area (Å²) in [6, 6.07) is 6.35. The molecule has 21 heavy (non-hydrogen) atoms. The molecule has 1 aromatic heterocycles. The summed E-state index contributed by atoms with van der Waals surface area (Å²) in [7, 11) is 0. The molecule has 1 fully saturated rings. The van der Waals surface area contributed by atoms with Crippen molar-refractivity contribution in [1.29, 1.82) is 0 Å². The number of imidazole rings is 1. The van der Waals surface area contributed by atoms with Crippen molar-refractivity contribution in [3.05, 3.63) is 29.6 Å². The van der Waals surface area contributed by atoms with Crippen LogP contribution in [0.3, 0.4) is 0 Å². The molecule has 2 N–H and O–H groups in total. The van der Waals surface area contributed by atoms with Crippen LogP contribution in [0.4, 0.5) is 0 Å². The number of hydrogen-bond donors (Lipinski definition) is 1. The van der Waals surface area contributed by atoms with E-state index in [0.717, 1.165) is 42.8 Å². The minimum Gasteiger partial charge on any atom is -0.378 e. The Morgan fingerprint density at radius 2 is 2.19 bits per heavy atom. The molecule has 0 bridgehead atoms. The van der Waals surface area contributed by atoms with Crippen molar-refractivity contribution in [2.24, 2.45) is 5.73 Å². The fraction of sp³-hybridized carbons (Fsp3) is 0.588. The molecule has 1 atom stereocenters. The average molecular weight is 287 g/mol. The second-order valence-corrected chi connectivity index (χ2v) is 6.90. The number of ether oxygens (including phenoxy) is 1. The Morgan fingerprint density at radius 1 is 1.38 bits per heavy atom. The summed E-state index contributed by atoms with van der Waals surface area (Å²) in [6.07, 6.45) is 3.51. The molecule has 4 heteroatoms. The number of nitrogens with two attached hydrogens (primary N) is 1. The minimum absolute atomic E-state index is 0.00686. The molecule has 3 rings (SSSR count). The van der Waals surface area contributed by atoms with Gasteiger partial charge in [-0.25, -0.2) is 4.98 Å². The summed E-state index contributed by atoms with van der Waals surface area (Å²) in [6.45, 7) is 8.12. The van der Waals surface area contributed by atoms with Crippen LogP contribution in [0.2, 0.25) is 0 Å². The summed E-state index contributed by atoms with van der Waals surface area (Å²) in [5, 5.41) is 0. The Morgan fingerprint density at radius 3 is 2.81 bits per heavy atom. The second-order valence-electron chi connectivity index (χ2n) is 6.90. The topological polar surface area (TPSA) is 53.1 Å². The third-order valence-electron chi connectivity index (χ3n) is 4.13. The lowest BCUT2D eigenvalue weighted by atomic mass is 10.1. The van der Waals surface area contributed by atoms with E-state index in [-0.39, 0.29) is 5.54 Å². The highest BCUT2D eigenvalue weighted by Gasteiger charge is 2.25. The SMILES string of the molecule is CC(C)(C)n1c(CC2CCCO2)nc2cc(CN)ccc21. The maximum absolute atomic E-state index is 5.79. The van der Waals surface area contributed by atoms with E-state index >= 15 is 0 Å². The van der Waals surface area contributed by atoms with E-state index in [0.29, 0.717) is 12.6 Å². The van der Waals surface area contributed by atoms with Crippen LogP contribution in [0, 0.1) is 0 Å². The first-order chi connectivity index (χ1) is 9.99. The van der Waals surface area contributed by atoms with E-state index in [2.05, 4.69) is 43.5 Å². The minimum atomic E-state index is 0.00686. The quantitative estimate of drug-likeness (QED) is 0.944. The smallest absolute Gasteiger partial charge is 0.112 e. The van der Waals surface area contributed by atoms with Crippen molar-refractivity contribution < 1.29 is 4.74 Å². The van der Waals surface area contributed by atoms with E-state index in [1.165, 1.54) is 5.52 Å². The molecular formula is C17H25N3O. The third kappa shape index (κ3) is 2.83. The van der Waals surface area contributed by atoms with E-state index in [9.17, 15) is 0 Å². The molecule has 2 heterocycles. The Balaban J connectivity index is 2.07. The van der Waals surface area contributed by atoms with Gasteiger partial charge >= 0.3 is 0 Å². The molecule has 1 aliphatic rings. The molecule has 0 spiro atoms. The van der Waals surface area contributed by atoms with Crippen LogP contribution in [0.25, 0.3) is 11.0 Å². The molecule has 0 saturated carbocycles. The van der Waals surface area contributed by atoms with E-state index < -0.39 is 0 Å². The van der Waals surface area contributed by atoms with Crippen LogP contribution in [0.15, 0.2) is 18.2 Å². The van der Waals surface area contributed by atoms with Gasteiger partial charge in [0.1, 0.15) is 5.82 Å². The van der Waals surface area contributed by atoms with Crippen LogP contribution in [0.5, 0.6) is 0 Å². The predicted octanol–water partition coefficient (Wildman–Crippen LogP) is 2.97. The molecule has 1 aliphatic heterocycles. The highest BCUT2D eigenvalue weighted by molar-refractivity contribution is 5.77. The third-order valence-corrected chi connectivity index (χ3v) is 4.13. The van der Waals surface area contributed by atoms with Crippen LogP contribution in [0.1, 0.15) is 45.0 Å². The van der Waals surface area contributed by atoms with Gasteiger partial charge in [0, 0.05) is 25.1 Å². The Labute approximate surface area is 126 Å². The summed E-state index contributed by atoms with van der Waals surface area (Å²) >= 11 is 0. The number of rotatable bonds is 3. The van der Waals surface area contributed by atoms with Crippen LogP contribution >= 0.6 is 0 Å². The lowest BCUT2D eigenvalue weighted by Crippen LogP contribution is -2.26. The summed E-state index contributed by atoms with van der Waals surface area (Å²) < 4.78 is 8.14. The second kappa shape index (κ2) is 5.43. The van der Waals surface area contributed by atoms with Crippen molar-refractivity contribution in [3.63, 3.8) is 0 Å². The summed E-state index contributed by atoms with van der Waals surface area (Å²) in [4.78, 5) is 4.88. The van der Waals surface area contributed by atoms with Crippen molar-refractivity contribution in [2.75, 3.05) is 6.61 Å². The van der Waals surface area contributed by atoms with Crippen LogP contribution in [-0.4, -0.2) is 22.3 Å². The normalized spacial score (nSPS) is 19.5. The van der Waals surface area contributed by atoms with Gasteiger partial charge in [0.2, 0.25) is 0 Å². The molecule has 1 saturated heterocycles. The van der Waals surface area contributed by atoms with Gasteiger partial charge in [0.05, 0.1) is 17.1 Å². The van der Waals surface area contributed by atoms with E-state index in [1.807, 2.05) is 0 Å². The van der Waals surface area contributed by atoms with Gasteiger partial charge in [-0.05, 0) is 51.3 Å². The zero-order chi connectivity index (χ0) is 15.0. The lowest BCUT2D eigenvalue weighted by molar-refractivity contribution is 0.108. The Kier molecular flexibility index (Phi) is 3.76. The number of nitrogens with zero attached hydrogens (tertiary/aromatic N) is 2. The standard InChI is InChI=1S/C17H25N3O/c1-17(2,3)20-15-7-6-12(11-18)9-14(15)19-16(20)10-13-5-4-8-21-13/h6-7,9,13H,4-5,8,10-11,18H2,1-3H3. The molecule has 4 nitrogen and oxygen atoms in total. The van der Waals surface area contributed by atoms with Gasteiger partial charge < -0.3 is 15.0 Å². The van der Waals surface area contributed by atoms with E-state index in [1.54, 1.807) is 0 Å². The van der Waals surface area contributed by atoms with Gasteiger partial charge in [-0.2, -0.15) is 0 Å². The first-order valence-electron chi connectivity index (χ1n) is 7.81. The molecule has 0 radical (unpaired) electrons. The van der Waals surface area contributed by atoms with Crippen molar-refractivity contribution in [2.45, 2.75) is 58.2 Å². The van der Waals surface area contributed by atoms with Gasteiger partial charge in [-0.15, -0.1) is 0 Å². The Hall–Kier alpha value is -1.39. The van der Waals surface area contributed by atoms with Crippen LogP contribution in [-0.2, 0) is 23.2 Å². The predicted molar refractivity (Wildman–Crippen MR) is 85.3 cm³/mol. The molecular weight excluding hydrogens is 262 g/mol. The van der Waals surface area contributed by atoms with Crippen molar-refractivity contribution >= 4 is 11.0 Å². The summed E-state index contributed by atoms with van der Waals surface area (Å²) in [5.74, 6) is 1.12. The van der Waals surface area contributed by atoms with E-state index in [4.69, 9.17) is 15.5 Å². The van der Waals surface area contributed by atoms with Crippen molar-refractivity contribution in [3.8, 4) is 0 Å². The van der Waals surface area contributed by atoms with Gasteiger partial charge in [-0.1, -0.05) is 6.07 Å². The number of aromatic nitrogens is 2. The molecule has 1 aromatic carbocycles. The average Bonchev–Trinajstić information content (AvgIpc) is 3.03.